The largest absolute Gasteiger partial charge is 0.434 e. The molecule has 5 heterocycles. The van der Waals surface area contributed by atoms with Crippen LogP contribution in [0.15, 0.2) is 47.7 Å². The molecular weight excluding hydrogens is 522 g/mol. The fourth-order valence-corrected chi connectivity index (χ4v) is 4.75. The van der Waals surface area contributed by atoms with Crippen molar-refractivity contribution in [3.05, 3.63) is 75.9 Å². The predicted molar refractivity (Wildman–Crippen MR) is 145 cm³/mol. The van der Waals surface area contributed by atoms with Crippen molar-refractivity contribution < 1.29 is 23.0 Å². The Hall–Kier alpha value is -4.32. The van der Waals surface area contributed by atoms with Crippen LogP contribution in [0, 0.1) is 6.92 Å². The van der Waals surface area contributed by atoms with Crippen LogP contribution in [-0.4, -0.2) is 58.2 Å². The number of amides is 1. The highest BCUT2D eigenvalue weighted by molar-refractivity contribution is 5.95. The number of carbonyl (C=O) groups excluding carboxylic acids is 1. The van der Waals surface area contributed by atoms with Crippen molar-refractivity contribution in [3.8, 4) is 16.9 Å². The second kappa shape index (κ2) is 11.4. The van der Waals surface area contributed by atoms with Crippen LogP contribution < -0.4 is 20.5 Å². The number of nitrogens with one attached hydrogen (secondary N) is 2. The molecule has 1 aliphatic heterocycles. The zero-order valence-corrected chi connectivity index (χ0v) is 22.4. The monoisotopic (exact) mass is 552 g/mol. The van der Waals surface area contributed by atoms with Crippen molar-refractivity contribution in [1.82, 2.24) is 24.7 Å². The maximum Gasteiger partial charge on any atom is 0.387 e. The van der Waals surface area contributed by atoms with Gasteiger partial charge in [0.05, 0.1) is 36.5 Å². The second-order valence-electron chi connectivity index (χ2n) is 9.86. The van der Waals surface area contributed by atoms with E-state index in [9.17, 15) is 18.4 Å². The lowest BCUT2D eigenvalue weighted by molar-refractivity contribution is -0.0506. The molecule has 0 radical (unpaired) electrons. The number of hydrogen-bond acceptors (Lipinski definition) is 7. The number of carbonyl (C=O) groups is 1. The Balaban J connectivity index is 1.48. The predicted octanol–water partition coefficient (Wildman–Crippen LogP) is 3.88. The molecule has 4 aromatic rings. The molecule has 12 heteroatoms. The van der Waals surface area contributed by atoms with Crippen LogP contribution >= 0.6 is 0 Å². The van der Waals surface area contributed by atoms with Gasteiger partial charge < -0.3 is 24.7 Å². The molecule has 1 amide bonds. The van der Waals surface area contributed by atoms with E-state index >= 15 is 0 Å². The molecule has 0 saturated carbocycles. The van der Waals surface area contributed by atoms with Gasteiger partial charge in [0, 0.05) is 36.6 Å². The number of morpholine rings is 1. The van der Waals surface area contributed by atoms with Gasteiger partial charge in [-0.2, -0.15) is 8.78 Å². The van der Waals surface area contributed by atoms with Gasteiger partial charge in [0.15, 0.2) is 0 Å². The molecule has 5 rings (SSSR count). The zero-order chi connectivity index (χ0) is 28.4. The van der Waals surface area contributed by atoms with Crippen LogP contribution in [0.1, 0.15) is 47.2 Å². The molecule has 0 atom stereocenters. The number of nitrogens with zero attached hydrogens (tertiary/aromatic N) is 4. The molecule has 1 aliphatic rings. The highest BCUT2D eigenvalue weighted by Gasteiger charge is 2.20. The highest BCUT2D eigenvalue weighted by Crippen LogP contribution is 2.28. The van der Waals surface area contributed by atoms with E-state index in [0.29, 0.717) is 18.9 Å². The van der Waals surface area contributed by atoms with Gasteiger partial charge in [-0.05, 0) is 42.7 Å². The number of ether oxygens (including phenoxy) is 2. The minimum atomic E-state index is -3.12. The Morgan fingerprint density at radius 1 is 1.15 bits per heavy atom. The minimum absolute atomic E-state index is 0.0955. The number of aromatic amines is 1. The first-order valence-electron chi connectivity index (χ1n) is 13.0. The lowest BCUT2D eigenvalue weighted by Crippen LogP contribution is -2.36. The Morgan fingerprint density at radius 3 is 2.60 bits per heavy atom. The summed E-state index contributed by atoms with van der Waals surface area (Å²) in [6.07, 6.45) is 3.34. The van der Waals surface area contributed by atoms with Gasteiger partial charge in [-0.15, -0.1) is 0 Å². The first-order chi connectivity index (χ1) is 19.2. The molecule has 0 aliphatic carbocycles. The summed E-state index contributed by atoms with van der Waals surface area (Å²) in [6.45, 7) is 5.00. The summed E-state index contributed by atoms with van der Waals surface area (Å²) in [5.74, 6) is 0.147. The number of alkyl halides is 2. The maximum atomic E-state index is 13.5. The third-order valence-electron chi connectivity index (χ3n) is 6.75. The Labute approximate surface area is 229 Å². The van der Waals surface area contributed by atoms with E-state index < -0.39 is 18.1 Å². The number of rotatable bonds is 8. The topological polar surface area (TPSA) is 114 Å². The number of pyridine rings is 3. The normalized spacial score (nSPS) is 13.8. The van der Waals surface area contributed by atoms with E-state index in [1.54, 1.807) is 29.9 Å². The van der Waals surface area contributed by atoms with Crippen LogP contribution in [0.25, 0.3) is 16.6 Å². The molecule has 2 N–H and O–H groups in total. The summed E-state index contributed by atoms with van der Waals surface area (Å²) in [6, 6.07) is 8.88. The molecule has 40 heavy (non-hydrogen) atoms. The van der Waals surface area contributed by atoms with Gasteiger partial charge in [0.1, 0.15) is 23.6 Å². The van der Waals surface area contributed by atoms with Crippen molar-refractivity contribution in [2.75, 3.05) is 31.2 Å². The SMILES string of the molecule is Cc1cc(OC(F)F)c(CNC(=O)c2cc(-c3ccc(N4CCOCC4)nc3)cc3c(C(C)C)ncn23)c(=O)[nH]1. The van der Waals surface area contributed by atoms with Gasteiger partial charge in [-0.3, -0.25) is 14.0 Å². The number of aryl methyl sites for hydroxylation is 1. The Morgan fingerprint density at radius 2 is 1.93 bits per heavy atom. The molecule has 4 aromatic heterocycles. The van der Waals surface area contributed by atoms with Crippen molar-refractivity contribution in [2.45, 2.75) is 39.8 Å². The number of fused-ring (bicyclic) bond motifs is 1. The van der Waals surface area contributed by atoms with Crippen LogP contribution in [0.3, 0.4) is 0 Å². The molecule has 0 aromatic carbocycles. The van der Waals surface area contributed by atoms with Gasteiger partial charge in [0.2, 0.25) is 0 Å². The minimum Gasteiger partial charge on any atom is -0.434 e. The van der Waals surface area contributed by atoms with Gasteiger partial charge in [-0.25, -0.2) is 9.97 Å². The van der Waals surface area contributed by atoms with E-state index in [1.165, 1.54) is 6.07 Å². The molecule has 210 valence electrons. The number of hydrogen-bond donors (Lipinski definition) is 2. The van der Waals surface area contributed by atoms with E-state index in [1.807, 2.05) is 32.0 Å². The smallest absolute Gasteiger partial charge is 0.387 e. The number of anilines is 1. The molecule has 1 saturated heterocycles. The van der Waals surface area contributed by atoms with Crippen molar-refractivity contribution in [2.24, 2.45) is 0 Å². The number of halogens is 2. The lowest BCUT2D eigenvalue weighted by Gasteiger charge is -2.27. The molecule has 0 spiro atoms. The number of aromatic nitrogens is 4. The van der Waals surface area contributed by atoms with Gasteiger partial charge >= 0.3 is 6.61 Å². The average molecular weight is 553 g/mol. The van der Waals surface area contributed by atoms with Crippen LogP contribution in [0.2, 0.25) is 0 Å². The van der Waals surface area contributed by atoms with Crippen LogP contribution in [0.5, 0.6) is 5.75 Å². The lowest BCUT2D eigenvalue weighted by atomic mass is 10.0. The van der Waals surface area contributed by atoms with E-state index in [4.69, 9.17) is 4.74 Å². The van der Waals surface area contributed by atoms with Crippen molar-refractivity contribution in [3.63, 3.8) is 0 Å². The summed E-state index contributed by atoms with van der Waals surface area (Å²) < 4.78 is 37.6. The third kappa shape index (κ3) is 5.67. The van der Waals surface area contributed by atoms with Crippen molar-refractivity contribution in [1.29, 1.82) is 0 Å². The Kier molecular flexibility index (Phi) is 7.78. The maximum absolute atomic E-state index is 13.5. The standard InChI is InChI=1S/C28H30F2N6O4/c1-16(2)25-21-11-19(18-4-5-24(31-13-18)35-6-8-39-9-7-35)12-22(36(21)15-33-25)27(38)32-14-20-23(40-28(29)30)10-17(3)34-26(20)37/h4-5,10-13,15-16,28H,6-9,14H2,1-3H3,(H,32,38)(H,34,37). The van der Waals surface area contributed by atoms with E-state index in [2.05, 4.69) is 29.9 Å². The number of imidazole rings is 1. The summed E-state index contributed by atoms with van der Waals surface area (Å²) >= 11 is 0. The van der Waals surface area contributed by atoms with E-state index in [-0.39, 0.29) is 29.5 Å². The summed E-state index contributed by atoms with van der Waals surface area (Å²) in [5.41, 5.74) is 3.04. The van der Waals surface area contributed by atoms with Gasteiger partial charge in [-0.1, -0.05) is 13.8 Å². The molecular formula is C28H30F2N6O4. The second-order valence-corrected chi connectivity index (χ2v) is 9.86. The quantitative estimate of drug-likeness (QED) is 0.341. The van der Waals surface area contributed by atoms with Crippen LogP contribution in [-0.2, 0) is 11.3 Å². The van der Waals surface area contributed by atoms with Crippen LogP contribution in [0.4, 0.5) is 14.6 Å². The first kappa shape index (κ1) is 27.3. The molecule has 10 nitrogen and oxygen atoms in total. The van der Waals surface area contributed by atoms with Gasteiger partial charge in [0.25, 0.3) is 11.5 Å². The summed E-state index contributed by atoms with van der Waals surface area (Å²) in [7, 11) is 0. The third-order valence-corrected chi connectivity index (χ3v) is 6.75. The molecule has 1 fully saturated rings. The number of H-pyrrole nitrogens is 1. The van der Waals surface area contributed by atoms with E-state index in [0.717, 1.165) is 41.2 Å². The first-order valence-corrected chi connectivity index (χ1v) is 13.0. The zero-order valence-electron chi connectivity index (χ0n) is 22.4. The van der Waals surface area contributed by atoms with Crippen molar-refractivity contribution >= 4 is 17.2 Å². The average Bonchev–Trinajstić information content (AvgIpc) is 3.36. The Bertz CT molecular complexity index is 1580. The molecule has 0 unspecified atom stereocenters. The highest BCUT2D eigenvalue weighted by atomic mass is 19.3. The molecule has 0 bridgehead atoms. The fraction of sp³-hybridized carbons (Fsp3) is 0.357. The summed E-state index contributed by atoms with van der Waals surface area (Å²) in [5, 5.41) is 2.68. The fourth-order valence-electron chi connectivity index (χ4n) is 4.75. The summed E-state index contributed by atoms with van der Waals surface area (Å²) in [4.78, 5) is 39.8.